The number of aliphatic imine (C=N–C) groups is 1. The van der Waals surface area contributed by atoms with Crippen LogP contribution >= 0.6 is 0 Å². The molecule has 3 N–H and O–H groups in total. The fraction of sp³-hybridized carbons (Fsp3) is 0.348. The molecule has 0 spiro atoms. The van der Waals surface area contributed by atoms with E-state index in [1.54, 1.807) is 0 Å². The normalized spacial score (nSPS) is 14.4. The van der Waals surface area contributed by atoms with Gasteiger partial charge in [-0.25, -0.2) is 14.6 Å². The van der Waals surface area contributed by atoms with Crippen molar-refractivity contribution in [2.75, 3.05) is 27.4 Å². The number of nitrogens with one attached hydrogen (secondary N) is 1. The highest BCUT2D eigenvalue weighted by molar-refractivity contribution is 5.84. The fourth-order valence-electron chi connectivity index (χ4n) is 3.27. The summed E-state index contributed by atoms with van der Waals surface area (Å²) in [6.07, 6.45) is -0.763. The summed E-state index contributed by atoms with van der Waals surface area (Å²) in [6, 6.07) is 13.9. The second kappa shape index (κ2) is 11.2. The van der Waals surface area contributed by atoms with Gasteiger partial charge in [-0.1, -0.05) is 18.2 Å². The van der Waals surface area contributed by atoms with Crippen molar-refractivity contribution < 1.29 is 28.5 Å². The van der Waals surface area contributed by atoms with Gasteiger partial charge in [-0.3, -0.25) is 0 Å². The number of esters is 1. The molecule has 1 amide bonds. The SMILES string of the molecule is COC[C@@H](NC(=O)OC[C@@H](C)N1Cc2cc(Oc3ccccc3)ccc2N=C1N)C(=O)OC. The molecule has 2 aromatic rings. The van der Waals surface area contributed by atoms with Gasteiger partial charge >= 0.3 is 12.1 Å². The lowest BCUT2D eigenvalue weighted by Gasteiger charge is -2.33. The van der Waals surface area contributed by atoms with Crippen molar-refractivity contribution in [2.24, 2.45) is 10.7 Å². The van der Waals surface area contributed by atoms with Crippen molar-refractivity contribution in [1.82, 2.24) is 10.2 Å². The van der Waals surface area contributed by atoms with Crippen molar-refractivity contribution in [3.8, 4) is 11.5 Å². The molecule has 0 unspecified atom stereocenters. The van der Waals surface area contributed by atoms with Crippen LogP contribution in [0.2, 0.25) is 0 Å². The zero-order chi connectivity index (χ0) is 23.8. The van der Waals surface area contributed by atoms with Crippen LogP contribution in [0.1, 0.15) is 12.5 Å². The highest BCUT2D eigenvalue weighted by Gasteiger charge is 2.26. The van der Waals surface area contributed by atoms with E-state index < -0.39 is 18.1 Å². The van der Waals surface area contributed by atoms with Gasteiger partial charge < -0.3 is 34.9 Å². The number of nitrogens with two attached hydrogens (primary N) is 1. The Kier molecular flexibility index (Phi) is 8.09. The summed E-state index contributed by atoms with van der Waals surface area (Å²) in [6.45, 7) is 2.32. The summed E-state index contributed by atoms with van der Waals surface area (Å²) in [5.41, 5.74) is 7.84. The molecule has 0 fully saturated rings. The van der Waals surface area contributed by atoms with Crippen LogP contribution in [0.3, 0.4) is 0 Å². The molecule has 0 aromatic heterocycles. The third kappa shape index (κ3) is 6.36. The Morgan fingerprint density at radius 1 is 1.12 bits per heavy atom. The Bertz CT molecular complexity index is 998. The lowest BCUT2D eigenvalue weighted by atomic mass is 10.1. The van der Waals surface area contributed by atoms with E-state index in [4.69, 9.17) is 19.9 Å². The van der Waals surface area contributed by atoms with E-state index in [0.29, 0.717) is 18.3 Å². The van der Waals surface area contributed by atoms with E-state index in [-0.39, 0.29) is 19.3 Å². The summed E-state index contributed by atoms with van der Waals surface area (Å²) >= 11 is 0. The third-order valence-electron chi connectivity index (χ3n) is 5.00. The third-order valence-corrected chi connectivity index (χ3v) is 5.00. The number of methoxy groups -OCH3 is 2. The number of nitrogens with zero attached hydrogens (tertiary/aromatic N) is 2. The highest BCUT2D eigenvalue weighted by Crippen LogP contribution is 2.32. The Hall–Kier alpha value is -3.79. The van der Waals surface area contributed by atoms with Gasteiger partial charge in [0.05, 0.1) is 25.4 Å². The van der Waals surface area contributed by atoms with Crippen LogP contribution in [0.4, 0.5) is 10.5 Å². The molecule has 1 aliphatic heterocycles. The summed E-state index contributed by atoms with van der Waals surface area (Å²) < 4.78 is 20.7. The first-order valence-corrected chi connectivity index (χ1v) is 10.4. The smallest absolute Gasteiger partial charge is 0.407 e. The van der Waals surface area contributed by atoms with E-state index in [2.05, 4.69) is 15.0 Å². The molecule has 33 heavy (non-hydrogen) atoms. The van der Waals surface area contributed by atoms with Crippen LogP contribution in [-0.2, 0) is 25.5 Å². The number of carbonyl (C=O) groups is 2. The number of para-hydroxylation sites is 1. The average Bonchev–Trinajstić information content (AvgIpc) is 2.82. The number of ether oxygens (including phenoxy) is 4. The molecule has 10 nitrogen and oxygen atoms in total. The minimum absolute atomic E-state index is 0.0263. The van der Waals surface area contributed by atoms with Gasteiger partial charge in [0.1, 0.15) is 18.1 Å². The summed E-state index contributed by atoms with van der Waals surface area (Å²) in [5, 5.41) is 2.43. The summed E-state index contributed by atoms with van der Waals surface area (Å²) in [4.78, 5) is 30.1. The number of rotatable bonds is 9. The lowest BCUT2D eigenvalue weighted by Crippen LogP contribution is -2.48. The van der Waals surface area contributed by atoms with E-state index in [1.807, 2.05) is 60.4 Å². The number of benzene rings is 2. The number of carbonyl (C=O) groups excluding carboxylic acids is 2. The number of amides is 1. The van der Waals surface area contributed by atoms with Gasteiger partial charge in [0, 0.05) is 19.2 Å². The van der Waals surface area contributed by atoms with Crippen molar-refractivity contribution in [3.05, 3.63) is 54.1 Å². The molecule has 0 radical (unpaired) electrons. The molecule has 0 saturated carbocycles. The van der Waals surface area contributed by atoms with Gasteiger partial charge in [-0.05, 0) is 37.3 Å². The maximum atomic E-state index is 12.1. The molecule has 0 bridgehead atoms. The van der Waals surface area contributed by atoms with Crippen molar-refractivity contribution >= 4 is 23.7 Å². The number of hydrogen-bond acceptors (Lipinski definition) is 9. The zero-order valence-electron chi connectivity index (χ0n) is 18.8. The molecule has 0 saturated heterocycles. The maximum Gasteiger partial charge on any atom is 0.407 e. The molecule has 2 aromatic carbocycles. The first-order valence-electron chi connectivity index (χ1n) is 10.4. The van der Waals surface area contributed by atoms with E-state index in [9.17, 15) is 9.59 Å². The Balaban J connectivity index is 1.60. The van der Waals surface area contributed by atoms with Crippen LogP contribution in [0, 0.1) is 0 Å². The van der Waals surface area contributed by atoms with Crippen LogP contribution in [0.25, 0.3) is 0 Å². The van der Waals surface area contributed by atoms with Crippen LogP contribution in [0.15, 0.2) is 53.5 Å². The Labute approximate surface area is 192 Å². The van der Waals surface area contributed by atoms with Gasteiger partial charge in [0.2, 0.25) is 0 Å². The standard InChI is InChI=1S/C23H28N4O6/c1-15(13-32-23(29)26-20(14-30-2)21(28)31-3)27-12-16-11-18(9-10-19(16)25-22(27)24)33-17-7-5-4-6-8-17/h4-11,15,20H,12-14H2,1-3H3,(H2,24,25)(H,26,29)/t15-,20-/m1/s1. The van der Waals surface area contributed by atoms with Gasteiger partial charge in [-0.15, -0.1) is 0 Å². The minimum atomic E-state index is -0.959. The van der Waals surface area contributed by atoms with Gasteiger partial charge in [0.25, 0.3) is 0 Å². The van der Waals surface area contributed by atoms with E-state index in [1.165, 1.54) is 14.2 Å². The number of hydrogen-bond donors (Lipinski definition) is 2. The van der Waals surface area contributed by atoms with Gasteiger partial charge in [-0.2, -0.15) is 0 Å². The molecule has 10 heteroatoms. The lowest BCUT2D eigenvalue weighted by molar-refractivity contribution is -0.144. The van der Waals surface area contributed by atoms with Crippen LogP contribution in [-0.4, -0.2) is 62.4 Å². The topological polar surface area (TPSA) is 125 Å². The highest BCUT2D eigenvalue weighted by atomic mass is 16.6. The summed E-state index contributed by atoms with van der Waals surface area (Å²) in [5.74, 6) is 1.12. The second-order valence-electron chi connectivity index (χ2n) is 7.43. The number of alkyl carbamates (subject to hydrolysis) is 1. The molecule has 3 rings (SSSR count). The van der Waals surface area contributed by atoms with E-state index >= 15 is 0 Å². The first kappa shape index (κ1) is 23.9. The fourth-order valence-corrected chi connectivity index (χ4v) is 3.27. The molecule has 0 aliphatic carbocycles. The molecule has 1 aliphatic rings. The first-order chi connectivity index (χ1) is 15.9. The predicted molar refractivity (Wildman–Crippen MR) is 121 cm³/mol. The van der Waals surface area contributed by atoms with Crippen LogP contribution < -0.4 is 15.8 Å². The number of fused-ring (bicyclic) bond motifs is 1. The summed E-state index contributed by atoms with van der Waals surface area (Å²) in [7, 11) is 2.64. The molecule has 176 valence electrons. The monoisotopic (exact) mass is 456 g/mol. The second-order valence-corrected chi connectivity index (χ2v) is 7.43. The minimum Gasteiger partial charge on any atom is -0.467 e. The molecule has 1 heterocycles. The maximum absolute atomic E-state index is 12.1. The molecular weight excluding hydrogens is 428 g/mol. The van der Waals surface area contributed by atoms with Crippen LogP contribution in [0.5, 0.6) is 11.5 Å². The van der Waals surface area contributed by atoms with E-state index in [0.717, 1.165) is 17.0 Å². The molecule has 2 atom stereocenters. The Morgan fingerprint density at radius 2 is 1.88 bits per heavy atom. The quantitative estimate of drug-likeness (QED) is 0.552. The Morgan fingerprint density at radius 3 is 2.58 bits per heavy atom. The van der Waals surface area contributed by atoms with Crippen molar-refractivity contribution in [2.45, 2.75) is 25.6 Å². The zero-order valence-corrected chi connectivity index (χ0v) is 18.8. The van der Waals surface area contributed by atoms with Crippen molar-refractivity contribution in [3.63, 3.8) is 0 Å². The average molecular weight is 456 g/mol. The van der Waals surface area contributed by atoms with Gasteiger partial charge in [0.15, 0.2) is 12.0 Å². The number of guanidine groups is 1. The predicted octanol–water partition coefficient (Wildman–Crippen LogP) is 2.54. The van der Waals surface area contributed by atoms with Crippen molar-refractivity contribution in [1.29, 1.82) is 0 Å². The molecular formula is C23H28N4O6. The largest absolute Gasteiger partial charge is 0.467 e.